The van der Waals surface area contributed by atoms with Gasteiger partial charge in [-0.3, -0.25) is 0 Å². The number of rotatable bonds is 6. The molecule has 0 aliphatic heterocycles. The lowest BCUT2D eigenvalue weighted by Crippen LogP contribution is -2.17. The van der Waals surface area contributed by atoms with Gasteiger partial charge in [-0.25, -0.2) is 4.79 Å². The van der Waals surface area contributed by atoms with Crippen LogP contribution in [0.1, 0.15) is 43.0 Å². The maximum atomic E-state index is 11.6. The number of ether oxygens (including phenoxy) is 1. The summed E-state index contributed by atoms with van der Waals surface area (Å²) in [6, 6.07) is 7.47. The number of carbonyl (C=O) groups excluding carboxylic acids is 1. The molecule has 1 aromatic heterocycles. The minimum atomic E-state index is -0.323. The molecule has 0 bridgehead atoms. The van der Waals surface area contributed by atoms with E-state index in [1.54, 1.807) is 37.4 Å². The fourth-order valence-corrected chi connectivity index (χ4v) is 2.73. The minimum absolute atomic E-state index is 0.323. The van der Waals surface area contributed by atoms with Crippen LogP contribution in [0.2, 0.25) is 0 Å². The molecule has 24 heavy (non-hydrogen) atoms. The third kappa shape index (κ3) is 4.18. The van der Waals surface area contributed by atoms with Crippen molar-refractivity contribution in [2.75, 3.05) is 17.2 Å². The quantitative estimate of drug-likeness (QED) is 0.788. The molecule has 1 aliphatic rings. The van der Waals surface area contributed by atoms with Crippen LogP contribution < -0.4 is 10.6 Å². The first-order valence-corrected chi connectivity index (χ1v) is 8.25. The Morgan fingerprint density at radius 3 is 2.71 bits per heavy atom. The van der Waals surface area contributed by atoms with Gasteiger partial charge in [0.2, 0.25) is 5.95 Å². The van der Waals surface area contributed by atoms with Crippen molar-refractivity contribution < 1.29 is 9.53 Å². The van der Waals surface area contributed by atoms with Crippen LogP contribution in [-0.2, 0) is 4.74 Å². The molecule has 1 aliphatic carbocycles. The highest BCUT2D eigenvalue weighted by atomic mass is 16.5. The van der Waals surface area contributed by atoms with E-state index in [9.17, 15) is 4.79 Å². The molecule has 0 saturated heterocycles. The summed E-state index contributed by atoms with van der Waals surface area (Å²) in [5.41, 5.74) is 1.34. The lowest BCUT2D eigenvalue weighted by Gasteiger charge is -2.12. The number of benzene rings is 1. The van der Waals surface area contributed by atoms with Crippen LogP contribution >= 0.6 is 0 Å². The molecule has 2 N–H and O–H groups in total. The van der Waals surface area contributed by atoms with Gasteiger partial charge in [0.25, 0.3) is 0 Å². The summed E-state index contributed by atoms with van der Waals surface area (Å²) >= 11 is 0. The topological polar surface area (TPSA) is 89.0 Å². The van der Waals surface area contributed by atoms with E-state index < -0.39 is 0 Å². The first-order chi connectivity index (χ1) is 11.7. The zero-order valence-electron chi connectivity index (χ0n) is 13.7. The van der Waals surface area contributed by atoms with E-state index in [-0.39, 0.29) is 5.97 Å². The van der Waals surface area contributed by atoms with Crippen molar-refractivity contribution in [2.45, 2.75) is 38.6 Å². The van der Waals surface area contributed by atoms with Gasteiger partial charge in [0, 0.05) is 11.7 Å². The Kier molecular flexibility index (Phi) is 5.20. The molecule has 7 nitrogen and oxygen atoms in total. The number of esters is 1. The van der Waals surface area contributed by atoms with E-state index in [4.69, 9.17) is 4.74 Å². The third-order valence-electron chi connectivity index (χ3n) is 3.92. The van der Waals surface area contributed by atoms with Crippen molar-refractivity contribution in [2.24, 2.45) is 0 Å². The summed E-state index contributed by atoms with van der Waals surface area (Å²) in [5.74, 6) is 0.820. The van der Waals surface area contributed by atoms with Crippen molar-refractivity contribution in [3.8, 4) is 0 Å². The average Bonchev–Trinajstić information content (AvgIpc) is 3.09. The monoisotopic (exact) mass is 327 g/mol. The Morgan fingerprint density at radius 2 is 2.00 bits per heavy atom. The number of nitrogens with zero attached hydrogens (tertiary/aromatic N) is 3. The minimum Gasteiger partial charge on any atom is -0.462 e. The van der Waals surface area contributed by atoms with Crippen molar-refractivity contribution in [1.82, 2.24) is 15.2 Å². The molecule has 1 saturated carbocycles. The molecule has 1 fully saturated rings. The maximum Gasteiger partial charge on any atom is 0.338 e. The molecule has 7 heteroatoms. The molecular formula is C17H21N5O2. The Balaban J connectivity index is 1.63. The van der Waals surface area contributed by atoms with Crippen LogP contribution in [0.15, 0.2) is 30.5 Å². The second-order valence-corrected chi connectivity index (χ2v) is 5.71. The summed E-state index contributed by atoms with van der Waals surface area (Å²) in [5, 5.41) is 14.5. The second-order valence-electron chi connectivity index (χ2n) is 5.71. The van der Waals surface area contributed by atoms with Crippen LogP contribution in [0.4, 0.5) is 17.5 Å². The summed E-state index contributed by atoms with van der Waals surface area (Å²) in [4.78, 5) is 16.1. The van der Waals surface area contributed by atoms with Crippen molar-refractivity contribution >= 4 is 23.4 Å². The first kappa shape index (κ1) is 16.2. The number of aromatic nitrogens is 3. The molecule has 0 unspecified atom stereocenters. The average molecular weight is 327 g/mol. The van der Waals surface area contributed by atoms with Gasteiger partial charge in [-0.15, -0.1) is 5.10 Å². The predicted octanol–water partition coefficient (Wildman–Crippen LogP) is 3.15. The van der Waals surface area contributed by atoms with Crippen LogP contribution in [0.25, 0.3) is 0 Å². The second kappa shape index (κ2) is 7.72. The van der Waals surface area contributed by atoms with Gasteiger partial charge < -0.3 is 15.4 Å². The van der Waals surface area contributed by atoms with Gasteiger partial charge in [0.1, 0.15) is 0 Å². The van der Waals surface area contributed by atoms with Gasteiger partial charge >= 0.3 is 5.97 Å². The Morgan fingerprint density at radius 1 is 1.25 bits per heavy atom. The Labute approximate surface area is 140 Å². The normalized spacial score (nSPS) is 14.4. The zero-order valence-corrected chi connectivity index (χ0v) is 13.7. The van der Waals surface area contributed by atoms with Crippen LogP contribution in [0.3, 0.4) is 0 Å². The highest BCUT2D eigenvalue weighted by Gasteiger charge is 2.16. The summed E-state index contributed by atoms with van der Waals surface area (Å²) in [6.45, 7) is 2.15. The lowest BCUT2D eigenvalue weighted by atomic mass is 10.2. The van der Waals surface area contributed by atoms with E-state index in [0.717, 1.165) is 18.5 Å². The van der Waals surface area contributed by atoms with Gasteiger partial charge in [-0.1, -0.05) is 12.8 Å². The van der Waals surface area contributed by atoms with Crippen LogP contribution in [-0.4, -0.2) is 33.8 Å². The highest BCUT2D eigenvalue weighted by Crippen LogP contribution is 2.21. The predicted molar refractivity (Wildman–Crippen MR) is 91.4 cm³/mol. The molecule has 0 atom stereocenters. The largest absolute Gasteiger partial charge is 0.462 e. The highest BCUT2D eigenvalue weighted by molar-refractivity contribution is 5.89. The standard InChI is InChI=1S/C17H21N5O2/c1-2-24-16(23)12-7-9-14(10-8-12)19-15-11-18-22-17(21-15)20-13-5-3-4-6-13/h7-11,13H,2-6H2,1H3,(H2,19,20,21,22). The molecule has 2 aromatic rings. The van der Waals surface area contributed by atoms with Gasteiger partial charge in [0.15, 0.2) is 5.82 Å². The smallest absolute Gasteiger partial charge is 0.338 e. The number of nitrogens with one attached hydrogen (secondary N) is 2. The molecule has 126 valence electrons. The lowest BCUT2D eigenvalue weighted by molar-refractivity contribution is 0.0526. The fourth-order valence-electron chi connectivity index (χ4n) is 2.73. The summed E-state index contributed by atoms with van der Waals surface area (Å²) in [6.07, 6.45) is 6.36. The van der Waals surface area contributed by atoms with E-state index in [1.807, 2.05) is 0 Å². The van der Waals surface area contributed by atoms with Gasteiger partial charge in [0.05, 0.1) is 18.4 Å². The van der Waals surface area contributed by atoms with Gasteiger partial charge in [-0.2, -0.15) is 10.1 Å². The molecular weight excluding hydrogens is 306 g/mol. The number of carbonyl (C=O) groups is 1. The van der Waals surface area contributed by atoms with E-state index >= 15 is 0 Å². The number of hydrogen-bond acceptors (Lipinski definition) is 7. The van der Waals surface area contributed by atoms with E-state index in [0.29, 0.717) is 30.0 Å². The molecule has 0 amide bonds. The molecule has 0 spiro atoms. The zero-order chi connectivity index (χ0) is 16.8. The first-order valence-electron chi connectivity index (χ1n) is 8.25. The SMILES string of the molecule is CCOC(=O)c1ccc(Nc2cnnc(NC3CCCC3)n2)cc1. The summed E-state index contributed by atoms with van der Waals surface area (Å²) < 4.78 is 4.97. The summed E-state index contributed by atoms with van der Waals surface area (Å²) in [7, 11) is 0. The third-order valence-corrected chi connectivity index (χ3v) is 3.92. The molecule has 1 heterocycles. The van der Waals surface area contributed by atoms with E-state index in [1.165, 1.54) is 12.8 Å². The molecule has 0 radical (unpaired) electrons. The van der Waals surface area contributed by atoms with Crippen molar-refractivity contribution in [3.05, 3.63) is 36.0 Å². The molecule has 3 rings (SSSR count). The Hall–Kier alpha value is -2.70. The number of hydrogen-bond donors (Lipinski definition) is 2. The van der Waals surface area contributed by atoms with Crippen molar-refractivity contribution in [3.63, 3.8) is 0 Å². The fraction of sp³-hybridized carbons (Fsp3) is 0.412. The molecule has 1 aromatic carbocycles. The van der Waals surface area contributed by atoms with Crippen molar-refractivity contribution in [1.29, 1.82) is 0 Å². The Bertz CT molecular complexity index is 684. The maximum absolute atomic E-state index is 11.6. The number of anilines is 3. The van der Waals surface area contributed by atoms with Crippen LogP contribution in [0.5, 0.6) is 0 Å². The van der Waals surface area contributed by atoms with Crippen LogP contribution in [0, 0.1) is 0 Å². The van der Waals surface area contributed by atoms with E-state index in [2.05, 4.69) is 25.8 Å². The van der Waals surface area contributed by atoms with Gasteiger partial charge in [-0.05, 0) is 44.0 Å².